The van der Waals surface area contributed by atoms with Gasteiger partial charge in [-0.1, -0.05) is 81.1 Å². The normalized spacial score (nSPS) is 15.4. The summed E-state index contributed by atoms with van der Waals surface area (Å²) in [6.45, 7) is 11.2. The lowest BCUT2D eigenvalue weighted by Gasteiger charge is -2.34. The van der Waals surface area contributed by atoms with E-state index in [4.69, 9.17) is 34.8 Å². The zero-order valence-corrected chi connectivity index (χ0v) is 21.3. The van der Waals surface area contributed by atoms with Crippen molar-refractivity contribution in [1.82, 2.24) is 10.2 Å². The van der Waals surface area contributed by atoms with Crippen LogP contribution in [0.4, 0.5) is 0 Å². The molecule has 0 aromatic heterocycles. The lowest BCUT2D eigenvalue weighted by molar-refractivity contribution is -0.129. The summed E-state index contributed by atoms with van der Waals surface area (Å²) in [6.07, 6.45) is 9.05. The fourth-order valence-electron chi connectivity index (χ4n) is 3.63. The van der Waals surface area contributed by atoms with E-state index in [1.54, 1.807) is 13.0 Å². The zero-order valence-electron chi connectivity index (χ0n) is 19.1. The Balaban J connectivity index is 2.53. The first-order chi connectivity index (χ1) is 14.5. The summed E-state index contributed by atoms with van der Waals surface area (Å²) >= 11 is 19.0. The van der Waals surface area contributed by atoms with Gasteiger partial charge in [0.05, 0.1) is 11.7 Å². The van der Waals surface area contributed by atoms with Crippen molar-refractivity contribution >= 4 is 40.7 Å². The van der Waals surface area contributed by atoms with Gasteiger partial charge in [-0.3, -0.25) is 4.79 Å². The first-order valence-electron chi connectivity index (χ1n) is 10.8. The highest BCUT2D eigenvalue weighted by molar-refractivity contribution is 6.35. The fraction of sp³-hybridized carbons (Fsp3) is 0.480. The van der Waals surface area contributed by atoms with E-state index in [9.17, 15) is 4.79 Å². The third-order valence-corrected chi connectivity index (χ3v) is 6.06. The molecule has 1 aromatic rings. The lowest BCUT2D eigenvalue weighted by atomic mass is 9.92. The molecular weight excluding hydrogens is 451 g/mol. The molecule has 1 aliphatic carbocycles. The molecule has 1 aliphatic rings. The van der Waals surface area contributed by atoms with Gasteiger partial charge in [0.15, 0.2) is 0 Å². The second kappa shape index (κ2) is 11.4. The van der Waals surface area contributed by atoms with E-state index < -0.39 is 0 Å². The molecule has 2 rings (SSSR count). The summed E-state index contributed by atoms with van der Waals surface area (Å²) in [5.74, 6) is -0.0442. The minimum absolute atomic E-state index is 0.0442. The third kappa shape index (κ3) is 7.59. The molecule has 1 unspecified atom stereocenters. The second-order valence-corrected chi connectivity index (χ2v) is 10.4. The summed E-state index contributed by atoms with van der Waals surface area (Å²) in [4.78, 5) is 14.8. The summed E-state index contributed by atoms with van der Waals surface area (Å²) in [5.41, 5.74) is 2.92. The number of carbonyl (C=O) groups excluding carboxylic acids is 1. The Hall–Kier alpha value is -1.42. The number of hydrogen-bond donors (Lipinski definition) is 1. The smallest absolute Gasteiger partial charge is 0.224 e. The average Bonchev–Trinajstić information content (AvgIpc) is 2.83. The molecule has 1 N–H and O–H groups in total. The number of amides is 1. The largest absolute Gasteiger partial charge is 0.386 e. The molecule has 0 radical (unpaired) electrons. The number of benzene rings is 1. The standard InChI is InChI=1S/C25H33Cl3N2O/c1-6-7-23(20-11-8-19(27)16-21(20)28)30(17(2)31)24-13-10-18(26)9-12-22(24)29-15-14-25(3,4)5/h8-11,13,16,23,29H,6-7,12,14-15H2,1-5H3. The Bertz CT molecular complexity index is 881. The highest BCUT2D eigenvalue weighted by atomic mass is 35.5. The maximum atomic E-state index is 13.0. The lowest BCUT2D eigenvalue weighted by Crippen LogP contribution is -2.35. The Morgan fingerprint density at radius 1 is 1.19 bits per heavy atom. The van der Waals surface area contributed by atoms with Crippen molar-refractivity contribution in [3.63, 3.8) is 0 Å². The molecule has 1 amide bonds. The van der Waals surface area contributed by atoms with Crippen molar-refractivity contribution in [2.45, 2.75) is 66.3 Å². The van der Waals surface area contributed by atoms with E-state index in [1.165, 1.54) is 0 Å². The number of rotatable bonds is 8. The Kier molecular flexibility index (Phi) is 9.54. The number of halogens is 3. The van der Waals surface area contributed by atoms with Crippen LogP contribution in [0.3, 0.4) is 0 Å². The molecular formula is C25H33Cl3N2O. The van der Waals surface area contributed by atoms with Crippen LogP contribution in [0.2, 0.25) is 10.0 Å². The van der Waals surface area contributed by atoms with Crippen LogP contribution in [0, 0.1) is 5.41 Å². The summed E-state index contributed by atoms with van der Waals surface area (Å²) in [7, 11) is 0. The predicted molar refractivity (Wildman–Crippen MR) is 133 cm³/mol. The van der Waals surface area contributed by atoms with Crippen molar-refractivity contribution in [3.05, 3.63) is 68.5 Å². The van der Waals surface area contributed by atoms with Gasteiger partial charge in [0.2, 0.25) is 5.91 Å². The van der Waals surface area contributed by atoms with Gasteiger partial charge < -0.3 is 10.2 Å². The van der Waals surface area contributed by atoms with Crippen molar-refractivity contribution in [2.75, 3.05) is 6.54 Å². The quantitative estimate of drug-likeness (QED) is 0.406. The van der Waals surface area contributed by atoms with Crippen LogP contribution < -0.4 is 5.32 Å². The molecule has 1 aromatic carbocycles. The molecule has 0 fully saturated rings. The SMILES string of the molecule is CCCC(c1ccc(Cl)cc1Cl)N(C(C)=O)C1=C(NCCC(C)(C)C)CC=C(Cl)C=C1. The van der Waals surface area contributed by atoms with Crippen LogP contribution in [-0.4, -0.2) is 17.4 Å². The molecule has 0 heterocycles. The van der Waals surface area contributed by atoms with Gasteiger partial charge >= 0.3 is 0 Å². The molecule has 1 atom stereocenters. The minimum atomic E-state index is -0.205. The third-order valence-electron chi connectivity index (χ3n) is 5.22. The van der Waals surface area contributed by atoms with E-state index in [2.05, 4.69) is 33.0 Å². The second-order valence-electron chi connectivity index (χ2n) is 9.09. The molecule has 0 aliphatic heterocycles. The average molecular weight is 484 g/mol. The number of carbonyl (C=O) groups is 1. The zero-order chi connectivity index (χ0) is 23.2. The number of nitrogens with one attached hydrogen (secondary N) is 1. The first kappa shape index (κ1) is 25.8. The van der Waals surface area contributed by atoms with Crippen LogP contribution in [0.1, 0.15) is 71.9 Å². The van der Waals surface area contributed by atoms with E-state index in [0.29, 0.717) is 21.5 Å². The molecule has 0 spiro atoms. The first-order valence-corrected chi connectivity index (χ1v) is 11.9. The Morgan fingerprint density at radius 3 is 2.48 bits per heavy atom. The molecule has 31 heavy (non-hydrogen) atoms. The highest BCUT2D eigenvalue weighted by Gasteiger charge is 2.28. The van der Waals surface area contributed by atoms with E-state index in [1.807, 2.05) is 35.3 Å². The van der Waals surface area contributed by atoms with Gasteiger partial charge in [0.25, 0.3) is 0 Å². The highest BCUT2D eigenvalue weighted by Crippen LogP contribution is 2.37. The monoisotopic (exact) mass is 482 g/mol. The predicted octanol–water partition coefficient (Wildman–Crippen LogP) is 8.00. The number of hydrogen-bond acceptors (Lipinski definition) is 2. The maximum Gasteiger partial charge on any atom is 0.224 e. The van der Waals surface area contributed by atoms with Gasteiger partial charge in [0.1, 0.15) is 0 Å². The fourth-order valence-corrected chi connectivity index (χ4v) is 4.31. The van der Waals surface area contributed by atoms with Crippen LogP contribution in [0.15, 0.2) is 52.9 Å². The van der Waals surface area contributed by atoms with Crippen LogP contribution in [-0.2, 0) is 4.79 Å². The molecule has 0 saturated heterocycles. The van der Waals surface area contributed by atoms with Gasteiger partial charge in [0, 0.05) is 40.7 Å². The van der Waals surface area contributed by atoms with E-state index >= 15 is 0 Å². The van der Waals surface area contributed by atoms with Crippen LogP contribution >= 0.6 is 34.8 Å². The molecule has 170 valence electrons. The number of allylic oxidation sites excluding steroid dienone is 4. The van der Waals surface area contributed by atoms with E-state index in [-0.39, 0.29) is 17.4 Å². The summed E-state index contributed by atoms with van der Waals surface area (Å²) in [5, 5.41) is 5.37. The van der Waals surface area contributed by atoms with Gasteiger partial charge in [-0.15, -0.1) is 0 Å². The topological polar surface area (TPSA) is 32.3 Å². The van der Waals surface area contributed by atoms with E-state index in [0.717, 1.165) is 42.8 Å². The molecule has 6 heteroatoms. The van der Waals surface area contributed by atoms with Gasteiger partial charge in [-0.25, -0.2) is 0 Å². The van der Waals surface area contributed by atoms with Crippen molar-refractivity contribution in [3.8, 4) is 0 Å². The molecule has 0 saturated carbocycles. The minimum Gasteiger partial charge on any atom is -0.386 e. The van der Waals surface area contributed by atoms with Crippen molar-refractivity contribution in [2.24, 2.45) is 5.41 Å². The van der Waals surface area contributed by atoms with Crippen LogP contribution in [0.25, 0.3) is 0 Å². The summed E-state index contributed by atoms with van der Waals surface area (Å²) in [6, 6.07) is 5.27. The van der Waals surface area contributed by atoms with Crippen LogP contribution in [0.5, 0.6) is 0 Å². The summed E-state index contributed by atoms with van der Waals surface area (Å²) < 4.78 is 0. The van der Waals surface area contributed by atoms with Crippen molar-refractivity contribution < 1.29 is 4.79 Å². The Labute approximate surface area is 202 Å². The molecule has 3 nitrogen and oxygen atoms in total. The Morgan fingerprint density at radius 2 is 1.90 bits per heavy atom. The molecule has 0 bridgehead atoms. The van der Waals surface area contributed by atoms with Gasteiger partial charge in [-0.2, -0.15) is 0 Å². The number of nitrogens with zero attached hydrogens (tertiary/aromatic N) is 1. The van der Waals surface area contributed by atoms with Crippen molar-refractivity contribution in [1.29, 1.82) is 0 Å². The maximum absolute atomic E-state index is 13.0. The van der Waals surface area contributed by atoms with Gasteiger partial charge in [-0.05, 0) is 48.1 Å².